The van der Waals surface area contributed by atoms with E-state index in [1.54, 1.807) is 12.1 Å². The Kier molecular flexibility index (Phi) is 9.45. The highest BCUT2D eigenvalue weighted by molar-refractivity contribution is 5.49. The van der Waals surface area contributed by atoms with Crippen LogP contribution in [0.2, 0.25) is 0 Å². The van der Waals surface area contributed by atoms with Gasteiger partial charge in [-0.3, -0.25) is 10.1 Å². The molecule has 174 valence electrons. The van der Waals surface area contributed by atoms with Gasteiger partial charge in [0.2, 0.25) is 0 Å². The smallest absolute Gasteiger partial charge is 0.311 e. The second-order valence-electron chi connectivity index (χ2n) is 8.51. The van der Waals surface area contributed by atoms with Gasteiger partial charge in [0.25, 0.3) is 0 Å². The summed E-state index contributed by atoms with van der Waals surface area (Å²) < 4.78 is 5.76. The van der Waals surface area contributed by atoms with Crippen LogP contribution in [0.3, 0.4) is 0 Å². The fraction of sp³-hybridized carbons (Fsp3) is 0.357. The Morgan fingerprint density at radius 3 is 2.18 bits per heavy atom. The van der Waals surface area contributed by atoms with Crippen LogP contribution in [0.4, 0.5) is 5.69 Å². The first kappa shape index (κ1) is 24.5. The lowest BCUT2D eigenvalue weighted by Gasteiger charge is -2.22. The van der Waals surface area contributed by atoms with Gasteiger partial charge >= 0.3 is 5.69 Å². The van der Waals surface area contributed by atoms with Crippen molar-refractivity contribution in [1.29, 1.82) is 0 Å². The lowest BCUT2D eigenvalue weighted by Crippen LogP contribution is -2.29. The average Bonchev–Trinajstić information content (AvgIpc) is 2.84. The molecule has 3 aromatic rings. The van der Waals surface area contributed by atoms with Crippen molar-refractivity contribution < 1.29 is 9.66 Å². The van der Waals surface area contributed by atoms with Gasteiger partial charge in [-0.05, 0) is 55.5 Å². The predicted molar refractivity (Wildman–Crippen MR) is 134 cm³/mol. The molecule has 0 heterocycles. The summed E-state index contributed by atoms with van der Waals surface area (Å²) in [6.45, 7) is 7.54. The number of aryl methyl sites for hydroxylation is 1. The molecule has 0 saturated carbocycles. The molecule has 0 aliphatic heterocycles. The summed E-state index contributed by atoms with van der Waals surface area (Å²) in [6.07, 6.45) is 4.09. The Morgan fingerprint density at radius 1 is 0.848 bits per heavy atom. The topological polar surface area (TPSA) is 55.6 Å². The molecule has 0 spiro atoms. The van der Waals surface area contributed by atoms with E-state index in [0.29, 0.717) is 12.4 Å². The summed E-state index contributed by atoms with van der Waals surface area (Å²) in [5.41, 5.74) is 4.60. The number of ether oxygens (including phenoxy) is 1. The van der Waals surface area contributed by atoms with Crippen molar-refractivity contribution in [2.45, 2.75) is 46.1 Å². The average molecular weight is 447 g/mol. The van der Waals surface area contributed by atoms with Crippen LogP contribution in [0, 0.1) is 17.0 Å². The number of rotatable bonds is 13. The lowest BCUT2D eigenvalue weighted by atomic mass is 10.1. The molecule has 0 amide bonds. The molecule has 0 saturated heterocycles. The summed E-state index contributed by atoms with van der Waals surface area (Å²) in [4.78, 5) is 13.8. The number of nitro benzene ring substituents is 1. The number of nitrogens with zero attached hydrogens (tertiary/aromatic N) is 2. The number of hydrogen-bond acceptors (Lipinski definition) is 4. The summed E-state index contributed by atoms with van der Waals surface area (Å²) in [6, 6.07) is 23.8. The summed E-state index contributed by atoms with van der Waals surface area (Å²) >= 11 is 0. The van der Waals surface area contributed by atoms with Crippen molar-refractivity contribution in [2.24, 2.45) is 0 Å². The maximum absolute atomic E-state index is 11.7. The Morgan fingerprint density at radius 2 is 1.52 bits per heavy atom. The standard InChI is InChI=1S/C28H34N2O3/c1-3-4-18-29(19-16-24-12-10-23(2)11-13-24)20-17-25-14-15-28(27(21-25)30(31)32)33-22-26-8-6-5-7-9-26/h5-15,21H,3-4,16-20,22H2,1-2H3. The van der Waals surface area contributed by atoms with Crippen LogP contribution in [-0.4, -0.2) is 29.5 Å². The number of unbranched alkanes of at least 4 members (excludes halogenated alkanes) is 1. The molecular weight excluding hydrogens is 412 g/mol. The monoisotopic (exact) mass is 446 g/mol. The first-order valence-corrected chi connectivity index (χ1v) is 11.8. The van der Waals surface area contributed by atoms with Gasteiger partial charge in [-0.1, -0.05) is 79.6 Å². The molecule has 0 fully saturated rings. The van der Waals surface area contributed by atoms with Crippen molar-refractivity contribution >= 4 is 5.69 Å². The van der Waals surface area contributed by atoms with E-state index in [1.807, 2.05) is 36.4 Å². The number of nitro groups is 1. The minimum Gasteiger partial charge on any atom is -0.482 e. The highest BCUT2D eigenvalue weighted by Crippen LogP contribution is 2.29. The van der Waals surface area contributed by atoms with Gasteiger partial charge in [0.15, 0.2) is 5.75 Å². The second-order valence-corrected chi connectivity index (χ2v) is 8.51. The third-order valence-corrected chi connectivity index (χ3v) is 5.84. The summed E-state index contributed by atoms with van der Waals surface area (Å²) in [7, 11) is 0. The Balaban J connectivity index is 1.61. The molecule has 0 aliphatic rings. The molecule has 0 N–H and O–H groups in total. The second kappa shape index (κ2) is 12.8. The van der Waals surface area contributed by atoms with Crippen LogP contribution in [0.25, 0.3) is 0 Å². The first-order chi connectivity index (χ1) is 16.0. The van der Waals surface area contributed by atoms with E-state index in [1.165, 1.54) is 11.1 Å². The van der Waals surface area contributed by atoms with Gasteiger partial charge in [-0.25, -0.2) is 0 Å². The van der Waals surface area contributed by atoms with Crippen LogP contribution in [-0.2, 0) is 19.4 Å². The zero-order chi connectivity index (χ0) is 23.5. The molecule has 0 bridgehead atoms. The van der Waals surface area contributed by atoms with Gasteiger partial charge in [-0.15, -0.1) is 0 Å². The quantitative estimate of drug-likeness (QED) is 0.226. The largest absolute Gasteiger partial charge is 0.482 e. The van der Waals surface area contributed by atoms with Crippen LogP contribution < -0.4 is 4.74 Å². The minimum atomic E-state index is -0.351. The number of hydrogen-bond donors (Lipinski definition) is 0. The maximum Gasteiger partial charge on any atom is 0.311 e. The van der Waals surface area contributed by atoms with E-state index in [9.17, 15) is 10.1 Å². The van der Waals surface area contributed by atoms with E-state index in [0.717, 1.165) is 56.4 Å². The van der Waals surface area contributed by atoms with Gasteiger partial charge in [-0.2, -0.15) is 0 Å². The normalized spacial score (nSPS) is 11.0. The van der Waals surface area contributed by atoms with E-state index in [4.69, 9.17) is 4.74 Å². The van der Waals surface area contributed by atoms with Crippen LogP contribution in [0.15, 0.2) is 72.8 Å². The highest BCUT2D eigenvalue weighted by Gasteiger charge is 2.17. The van der Waals surface area contributed by atoms with E-state index >= 15 is 0 Å². The predicted octanol–water partition coefficient (Wildman–Crippen LogP) is 6.37. The molecule has 0 atom stereocenters. The van der Waals surface area contributed by atoms with Crippen molar-refractivity contribution in [3.8, 4) is 5.75 Å². The zero-order valence-corrected chi connectivity index (χ0v) is 19.7. The molecule has 0 aromatic heterocycles. The maximum atomic E-state index is 11.7. The SMILES string of the molecule is CCCCN(CCc1ccc(C)cc1)CCc1ccc(OCc2ccccc2)c([N+](=O)[O-])c1. The molecule has 5 heteroatoms. The highest BCUT2D eigenvalue weighted by atomic mass is 16.6. The third-order valence-electron chi connectivity index (χ3n) is 5.84. The Bertz CT molecular complexity index is 1000. The number of benzene rings is 3. The Hall–Kier alpha value is -3.18. The molecule has 0 radical (unpaired) electrons. The van der Waals surface area contributed by atoms with Crippen molar-refractivity contribution in [3.63, 3.8) is 0 Å². The molecule has 0 unspecified atom stereocenters. The van der Waals surface area contributed by atoms with Crippen LogP contribution in [0.5, 0.6) is 5.75 Å². The third kappa shape index (κ3) is 8.03. The van der Waals surface area contributed by atoms with Gasteiger partial charge < -0.3 is 9.64 Å². The van der Waals surface area contributed by atoms with Crippen LogP contribution >= 0.6 is 0 Å². The van der Waals surface area contributed by atoms with Crippen molar-refractivity contribution in [1.82, 2.24) is 4.90 Å². The van der Waals surface area contributed by atoms with E-state index in [-0.39, 0.29) is 10.6 Å². The molecular formula is C28H34N2O3. The zero-order valence-electron chi connectivity index (χ0n) is 19.7. The molecule has 33 heavy (non-hydrogen) atoms. The van der Waals surface area contributed by atoms with Crippen LogP contribution in [0.1, 0.15) is 42.0 Å². The van der Waals surface area contributed by atoms with E-state index < -0.39 is 0 Å². The molecule has 3 rings (SSSR count). The lowest BCUT2D eigenvalue weighted by molar-refractivity contribution is -0.386. The molecule has 3 aromatic carbocycles. The first-order valence-electron chi connectivity index (χ1n) is 11.8. The van der Waals surface area contributed by atoms with Crippen molar-refractivity contribution in [2.75, 3.05) is 19.6 Å². The van der Waals surface area contributed by atoms with Gasteiger partial charge in [0.1, 0.15) is 6.61 Å². The Labute approximate surface area is 197 Å². The van der Waals surface area contributed by atoms with E-state index in [2.05, 4.69) is 43.0 Å². The molecule has 5 nitrogen and oxygen atoms in total. The summed E-state index contributed by atoms with van der Waals surface area (Å²) in [5, 5.41) is 11.7. The van der Waals surface area contributed by atoms with Crippen molar-refractivity contribution in [3.05, 3.63) is 105 Å². The van der Waals surface area contributed by atoms with Gasteiger partial charge in [0, 0.05) is 19.2 Å². The van der Waals surface area contributed by atoms with Gasteiger partial charge in [0.05, 0.1) is 4.92 Å². The fourth-order valence-corrected chi connectivity index (χ4v) is 3.76. The summed E-state index contributed by atoms with van der Waals surface area (Å²) in [5.74, 6) is 0.315. The molecule has 0 aliphatic carbocycles. The fourth-order valence-electron chi connectivity index (χ4n) is 3.76. The minimum absolute atomic E-state index is 0.0307.